The van der Waals surface area contributed by atoms with Crippen molar-refractivity contribution >= 4 is 5.97 Å². The third-order valence-electron chi connectivity index (χ3n) is 6.71. The maximum atomic E-state index is 11.8. The van der Waals surface area contributed by atoms with E-state index in [0.717, 1.165) is 58.8 Å². The predicted molar refractivity (Wildman–Crippen MR) is 123 cm³/mol. The lowest BCUT2D eigenvalue weighted by Gasteiger charge is -2.45. The van der Waals surface area contributed by atoms with Gasteiger partial charge in [0.05, 0.1) is 20.3 Å². The van der Waals surface area contributed by atoms with Gasteiger partial charge in [0.15, 0.2) is 0 Å². The summed E-state index contributed by atoms with van der Waals surface area (Å²) < 4.78 is 10.5. The highest BCUT2D eigenvalue weighted by Crippen LogP contribution is 2.28. The lowest BCUT2D eigenvalue weighted by Crippen LogP contribution is -2.53. The van der Waals surface area contributed by atoms with Crippen LogP contribution in [0.5, 0.6) is 0 Å². The third-order valence-corrected chi connectivity index (χ3v) is 6.71. The summed E-state index contributed by atoms with van der Waals surface area (Å²) >= 11 is 0. The van der Waals surface area contributed by atoms with Gasteiger partial charge in [0.1, 0.15) is 0 Å². The smallest absolute Gasteiger partial charge is 0.305 e. The Morgan fingerprint density at radius 2 is 1.71 bits per heavy atom. The first-order valence-electron chi connectivity index (χ1n) is 11.5. The van der Waals surface area contributed by atoms with E-state index in [0.29, 0.717) is 18.4 Å². The van der Waals surface area contributed by atoms with E-state index in [1.807, 2.05) is 0 Å². The van der Waals surface area contributed by atoms with Crippen LogP contribution in [0, 0.1) is 5.92 Å². The Morgan fingerprint density at radius 1 is 1.00 bits per heavy atom. The van der Waals surface area contributed by atoms with Crippen molar-refractivity contribution in [2.75, 3.05) is 46.5 Å². The maximum Gasteiger partial charge on any atom is 0.305 e. The van der Waals surface area contributed by atoms with E-state index in [9.17, 15) is 4.79 Å². The predicted octanol–water partition coefficient (Wildman–Crippen LogP) is 3.83. The Morgan fingerprint density at radius 3 is 2.42 bits per heavy atom. The fourth-order valence-corrected chi connectivity index (χ4v) is 5.01. The molecular weight excluding hydrogens is 388 g/mol. The number of ether oxygens (including phenoxy) is 2. The van der Waals surface area contributed by atoms with E-state index < -0.39 is 0 Å². The molecule has 0 spiro atoms. The Bertz CT molecular complexity index is 818. The van der Waals surface area contributed by atoms with Crippen LogP contribution in [0.25, 0.3) is 11.1 Å². The largest absolute Gasteiger partial charge is 0.469 e. The quantitative estimate of drug-likeness (QED) is 0.635. The molecule has 0 amide bonds. The number of morpholine rings is 1. The van der Waals surface area contributed by atoms with Gasteiger partial charge in [-0.25, -0.2) is 0 Å². The molecule has 2 saturated heterocycles. The van der Waals surface area contributed by atoms with E-state index in [-0.39, 0.29) is 5.97 Å². The summed E-state index contributed by atoms with van der Waals surface area (Å²) in [5, 5.41) is 0. The second kappa shape index (κ2) is 10.9. The van der Waals surface area contributed by atoms with Gasteiger partial charge in [-0.1, -0.05) is 54.6 Å². The van der Waals surface area contributed by atoms with E-state index >= 15 is 0 Å². The molecule has 2 aromatic carbocycles. The number of carbonyl (C=O) groups excluding carboxylic acids is 1. The van der Waals surface area contributed by atoms with Crippen LogP contribution in [0.3, 0.4) is 0 Å². The number of hydrogen-bond donors (Lipinski definition) is 0. The van der Waals surface area contributed by atoms with Gasteiger partial charge in [-0.15, -0.1) is 0 Å². The highest BCUT2D eigenvalue weighted by atomic mass is 16.5. The summed E-state index contributed by atoms with van der Waals surface area (Å²) in [5.41, 5.74) is 3.85. The number of benzene rings is 2. The number of esters is 1. The second-order valence-electron chi connectivity index (χ2n) is 8.68. The van der Waals surface area contributed by atoms with Crippen LogP contribution < -0.4 is 0 Å². The topological polar surface area (TPSA) is 42.0 Å². The van der Waals surface area contributed by atoms with E-state index in [4.69, 9.17) is 9.47 Å². The number of methoxy groups -OCH3 is 1. The molecule has 4 rings (SSSR count). The number of rotatable bonds is 7. The summed E-state index contributed by atoms with van der Waals surface area (Å²) in [6.07, 6.45) is 2.54. The number of carbonyl (C=O) groups is 1. The van der Waals surface area contributed by atoms with Crippen LogP contribution in [0.2, 0.25) is 0 Å². The summed E-state index contributed by atoms with van der Waals surface area (Å²) in [4.78, 5) is 16.9. The number of hydrogen-bond acceptors (Lipinski definition) is 5. The minimum Gasteiger partial charge on any atom is -0.469 e. The summed E-state index contributed by atoms with van der Waals surface area (Å²) in [5.74, 6) is 0.379. The van der Waals surface area contributed by atoms with Crippen molar-refractivity contribution in [3.05, 3.63) is 60.2 Å². The molecule has 2 atom stereocenters. The molecule has 2 aliphatic heterocycles. The fraction of sp³-hybridized carbons (Fsp3) is 0.500. The molecule has 2 aromatic rings. The van der Waals surface area contributed by atoms with Gasteiger partial charge < -0.3 is 9.47 Å². The summed E-state index contributed by atoms with van der Waals surface area (Å²) in [7, 11) is 1.48. The van der Waals surface area contributed by atoms with Crippen molar-refractivity contribution in [1.82, 2.24) is 9.80 Å². The molecule has 0 aliphatic carbocycles. The van der Waals surface area contributed by atoms with Gasteiger partial charge in [0.2, 0.25) is 0 Å². The van der Waals surface area contributed by atoms with Crippen molar-refractivity contribution in [3.63, 3.8) is 0 Å². The van der Waals surface area contributed by atoms with Crippen molar-refractivity contribution in [2.45, 2.75) is 31.8 Å². The molecular formula is C26H34N2O3. The monoisotopic (exact) mass is 422 g/mol. The zero-order valence-corrected chi connectivity index (χ0v) is 18.5. The SMILES string of the molecule is COC(=O)CC[C@H]1CN(Cc2ccc(-c3ccccc3)cc2)CC[C@H]1N1CCOCC1. The fourth-order valence-electron chi connectivity index (χ4n) is 5.01. The highest BCUT2D eigenvalue weighted by Gasteiger charge is 2.34. The van der Waals surface area contributed by atoms with E-state index in [2.05, 4.69) is 64.4 Å². The molecule has 5 nitrogen and oxygen atoms in total. The second-order valence-corrected chi connectivity index (χ2v) is 8.68. The number of likely N-dealkylation sites (tertiary alicyclic amines) is 1. The lowest BCUT2D eigenvalue weighted by molar-refractivity contribution is -0.141. The molecule has 0 saturated carbocycles. The van der Waals surface area contributed by atoms with Gasteiger partial charge in [0, 0.05) is 38.6 Å². The van der Waals surface area contributed by atoms with Crippen LogP contribution in [0.1, 0.15) is 24.8 Å². The van der Waals surface area contributed by atoms with E-state index in [1.165, 1.54) is 23.8 Å². The van der Waals surface area contributed by atoms with Gasteiger partial charge >= 0.3 is 5.97 Å². The van der Waals surface area contributed by atoms with Gasteiger partial charge in [-0.05, 0) is 42.0 Å². The number of piperidine rings is 1. The zero-order chi connectivity index (χ0) is 21.5. The minimum atomic E-state index is -0.102. The van der Waals surface area contributed by atoms with Crippen molar-refractivity contribution < 1.29 is 14.3 Å². The summed E-state index contributed by atoms with van der Waals surface area (Å²) in [6, 6.07) is 20.0. The van der Waals surface area contributed by atoms with Crippen LogP contribution in [-0.4, -0.2) is 68.3 Å². The molecule has 2 fully saturated rings. The van der Waals surface area contributed by atoms with Crippen molar-refractivity contribution in [1.29, 1.82) is 0 Å². The molecule has 2 heterocycles. The average Bonchev–Trinajstić information content (AvgIpc) is 2.84. The van der Waals surface area contributed by atoms with Crippen molar-refractivity contribution in [3.8, 4) is 11.1 Å². The maximum absolute atomic E-state index is 11.8. The van der Waals surface area contributed by atoms with Crippen LogP contribution >= 0.6 is 0 Å². The molecule has 166 valence electrons. The molecule has 0 aromatic heterocycles. The van der Waals surface area contributed by atoms with Crippen LogP contribution in [0.15, 0.2) is 54.6 Å². The first kappa shape index (κ1) is 22.0. The Labute approximate surface area is 185 Å². The zero-order valence-electron chi connectivity index (χ0n) is 18.5. The molecule has 0 N–H and O–H groups in total. The molecule has 0 radical (unpaired) electrons. The van der Waals surface area contributed by atoms with Gasteiger partial charge in [-0.2, -0.15) is 0 Å². The van der Waals surface area contributed by atoms with Gasteiger partial charge in [0.25, 0.3) is 0 Å². The first-order valence-corrected chi connectivity index (χ1v) is 11.5. The van der Waals surface area contributed by atoms with E-state index in [1.54, 1.807) is 0 Å². The van der Waals surface area contributed by atoms with Gasteiger partial charge in [-0.3, -0.25) is 14.6 Å². The normalized spacial score (nSPS) is 22.9. The van der Waals surface area contributed by atoms with Crippen LogP contribution in [0.4, 0.5) is 0 Å². The third kappa shape index (κ3) is 5.94. The minimum absolute atomic E-state index is 0.102. The first-order chi connectivity index (χ1) is 15.2. The standard InChI is InChI=1S/C26H34N2O3/c1-30-26(29)12-11-24-20-27(14-13-25(24)28-15-17-31-18-16-28)19-21-7-9-23(10-8-21)22-5-3-2-4-6-22/h2-10,24-25H,11-20H2,1H3/t24-,25+/m0/s1. The lowest BCUT2D eigenvalue weighted by atomic mass is 9.86. The molecule has 2 aliphatic rings. The Hall–Kier alpha value is -2.21. The van der Waals surface area contributed by atoms with Crippen LogP contribution in [-0.2, 0) is 20.8 Å². The molecule has 0 unspecified atom stereocenters. The molecule has 31 heavy (non-hydrogen) atoms. The van der Waals surface area contributed by atoms with Crippen molar-refractivity contribution in [2.24, 2.45) is 5.92 Å². The summed E-state index contributed by atoms with van der Waals surface area (Å²) in [6.45, 7) is 6.71. The Balaban J connectivity index is 1.39. The average molecular weight is 423 g/mol. The Kier molecular flexibility index (Phi) is 7.73. The molecule has 0 bridgehead atoms. The number of nitrogens with zero attached hydrogens (tertiary/aromatic N) is 2. The highest BCUT2D eigenvalue weighted by molar-refractivity contribution is 5.69. The molecule has 5 heteroatoms.